The van der Waals surface area contributed by atoms with Crippen molar-refractivity contribution in [3.8, 4) is 0 Å². The molecule has 2 rings (SSSR count). The molecule has 1 fully saturated rings. The third-order valence-electron chi connectivity index (χ3n) is 3.15. The molecule has 1 saturated heterocycles. The Morgan fingerprint density at radius 2 is 2.15 bits per heavy atom. The highest BCUT2D eigenvalue weighted by Gasteiger charge is 2.44. The van der Waals surface area contributed by atoms with Crippen LogP contribution in [0.25, 0.3) is 0 Å². The van der Waals surface area contributed by atoms with E-state index in [-0.39, 0.29) is 17.9 Å². The van der Waals surface area contributed by atoms with Crippen molar-refractivity contribution >= 4 is 23.5 Å². The number of nitrogens with zero attached hydrogens (tertiary/aromatic N) is 2. The van der Waals surface area contributed by atoms with Gasteiger partial charge in [-0.25, -0.2) is 9.37 Å². The van der Waals surface area contributed by atoms with E-state index in [1.165, 1.54) is 13.8 Å². The van der Waals surface area contributed by atoms with Crippen LogP contribution in [0.2, 0.25) is 0 Å². The number of pyridine rings is 1. The molecule has 0 spiro atoms. The quantitative estimate of drug-likeness (QED) is 0.686. The molecule has 1 aliphatic rings. The fourth-order valence-corrected chi connectivity index (χ4v) is 1.88. The van der Waals surface area contributed by atoms with Crippen molar-refractivity contribution in [2.75, 3.05) is 12.3 Å². The lowest BCUT2D eigenvalue weighted by atomic mass is 9.97. The van der Waals surface area contributed by atoms with Gasteiger partial charge in [-0.15, -0.1) is 0 Å². The Morgan fingerprint density at radius 1 is 1.50 bits per heavy atom. The topological polar surface area (TPSA) is 105 Å². The third kappa shape index (κ3) is 2.20. The van der Waals surface area contributed by atoms with Gasteiger partial charge in [0.1, 0.15) is 23.7 Å². The second-order valence-electron chi connectivity index (χ2n) is 4.91. The Bertz CT molecular complexity index is 615. The van der Waals surface area contributed by atoms with E-state index in [2.05, 4.69) is 10.3 Å². The number of carbonyl (C=O) groups is 3. The Kier molecular flexibility index (Phi) is 3.16. The van der Waals surface area contributed by atoms with Gasteiger partial charge in [-0.1, -0.05) is 0 Å². The number of nitrogen functional groups attached to an aromatic ring is 1. The molecular weight excluding hydrogens is 267 g/mol. The van der Waals surface area contributed by atoms with Crippen LogP contribution < -0.4 is 11.1 Å². The average Bonchev–Trinajstić information content (AvgIpc) is 2.36. The zero-order valence-electron chi connectivity index (χ0n) is 10.9. The molecule has 20 heavy (non-hydrogen) atoms. The minimum absolute atomic E-state index is 0.161. The van der Waals surface area contributed by atoms with Gasteiger partial charge in [-0.05, 0) is 19.9 Å². The molecular formula is C12H13FN4O3. The van der Waals surface area contributed by atoms with E-state index in [9.17, 15) is 18.8 Å². The van der Waals surface area contributed by atoms with Gasteiger partial charge in [0.05, 0.1) is 11.8 Å². The van der Waals surface area contributed by atoms with Crippen LogP contribution >= 0.6 is 0 Å². The molecule has 7 nitrogen and oxygen atoms in total. The van der Waals surface area contributed by atoms with E-state index in [1.807, 2.05) is 0 Å². The number of anilines is 1. The first-order valence-electron chi connectivity index (χ1n) is 5.80. The zero-order valence-corrected chi connectivity index (χ0v) is 10.9. The molecule has 0 aliphatic carbocycles. The summed E-state index contributed by atoms with van der Waals surface area (Å²) < 4.78 is 13.2. The number of nitrogens with two attached hydrogens (primary N) is 1. The Morgan fingerprint density at radius 3 is 2.80 bits per heavy atom. The number of rotatable bonds is 1. The summed E-state index contributed by atoms with van der Waals surface area (Å²) in [5, 5.41) is 2.14. The highest BCUT2D eigenvalue weighted by molar-refractivity contribution is 6.09. The van der Waals surface area contributed by atoms with E-state index in [4.69, 9.17) is 5.73 Å². The van der Waals surface area contributed by atoms with Crippen molar-refractivity contribution < 1.29 is 18.8 Å². The molecule has 2 heterocycles. The molecule has 8 heteroatoms. The van der Waals surface area contributed by atoms with Crippen LogP contribution in [0.3, 0.4) is 0 Å². The minimum Gasteiger partial charge on any atom is -0.383 e. The molecule has 0 bridgehead atoms. The molecule has 1 aliphatic heterocycles. The number of hydrogen-bond donors (Lipinski definition) is 2. The molecule has 1 aromatic rings. The first-order valence-corrected chi connectivity index (χ1v) is 5.80. The lowest BCUT2D eigenvalue weighted by Crippen LogP contribution is -2.65. The van der Waals surface area contributed by atoms with Crippen LogP contribution in [0.5, 0.6) is 0 Å². The molecule has 0 unspecified atom stereocenters. The summed E-state index contributed by atoms with van der Waals surface area (Å²) >= 11 is 0. The van der Waals surface area contributed by atoms with Crippen LogP contribution in [0.1, 0.15) is 24.2 Å². The fourth-order valence-electron chi connectivity index (χ4n) is 1.88. The summed E-state index contributed by atoms with van der Waals surface area (Å²) in [6.45, 7) is 2.65. The minimum atomic E-state index is -1.25. The predicted molar refractivity (Wildman–Crippen MR) is 66.9 cm³/mol. The number of nitrogens with one attached hydrogen (secondary N) is 1. The van der Waals surface area contributed by atoms with Crippen molar-refractivity contribution in [3.63, 3.8) is 0 Å². The van der Waals surface area contributed by atoms with Crippen LogP contribution in [-0.2, 0) is 9.59 Å². The van der Waals surface area contributed by atoms with Gasteiger partial charge < -0.3 is 10.6 Å². The Hall–Kier alpha value is -2.51. The van der Waals surface area contributed by atoms with E-state index in [1.54, 1.807) is 0 Å². The highest BCUT2D eigenvalue weighted by atomic mass is 19.1. The monoisotopic (exact) mass is 280 g/mol. The SMILES string of the molecule is CC1(C)C(=O)NC(=O)CN1C(=O)c1cc(F)cnc1N. The second-order valence-corrected chi connectivity index (χ2v) is 4.91. The maximum atomic E-state index is 13.2. The number of piperazine rings is 1. The molecule has 3 amide bonds. The highest BCUT2D eigenvalue weighted by Crippen LogP contribution is 2.23. The molecule has 0 radical (unpaired) electrons. The molecule has 0 saturated carbocycles. The van der Waals surface area contributed by atoms with Crippen molar-refractivity contribution in [3.05, 3.63) is 23.6 Å². The third-order valence-corrected chi connectivity index (χ3v) is 3.15. The molecule has 0 atom stereocenters. The Balaban J connectivity index is 2.43. The standard InChI is InChI=1S/C12H13FN4O3/c1-12(2)11(20)16-8(18)5-17(12)10(19)7-3-6(13)4-15-9(7)14/h3-4H,5H2,1-2H3,(H2,14,15)(H,16,18,20). The van der Waals surface area contributed by atoms with E-state index >= 15 is 0 Å². The predicted octanol–water partition coefficient (Wildman–Crippen LogP) is -0.320. The smallest absolute Gasteiger partial charge is 0.259 e. The largest absolute Gasteiger partial charge is 0.383 e. The summed E-state index contributed by atoms with van der Waals surface area (Å²) in [4.78, 5) is 40.2. The lowest BCUT2D eigenvalue weighted by Gasteiger charge is -2.40. The summed E-state index contributed by atoms with van der Waals surface area (Å²) in [7, 11) is 0. The average molecular weight is 280 g/mol. The number of imide groups is 1. The summed E-state index contributed by atoms with van der Waals surface area (Å²) in [5.41, 5.74) is 4.12. The van der Waals surface area contributed by atoms with Gasteiger partial charge in [0.25, 0.3) is 11.8 Å². The van der Waals surface area contributed by atoms with Gasteiger partial charge >= 0.3 is 0 Å². The summed E-state index contributed by atoms with van der Waals surface area (Å²) in [6.07, 6.45) is 0.880. The second kappa shape index (κ2) is 4.55. The number of halogens is 1. The zero-order chi connectivity index (χ0) is 15.1. The number of aromatic nitrogens is 1. The van der Waals surface area contributed by atoms with Crippen LogP contribution in [0, 0.1) is 5.82 Å². The van der Waals surface area contributed by atoms with Gasteiger partial charge in [-0.3, -0.25) is 19.7 Å². The van der Waals surface area contributed by atoms with Crippen LogP contribution in [-0.4, -0.2) is 39.7 Å². The molecule has 0 aromatic carbocycles. The molecule has 1 aromatic heterocycles. The van der Waals surface area contributed by atoms with Crippen LogP contribution in [0.15, 0.2) is 12.3 Å². The van der Waals surface area contributed by atoms with Crippen molar-refractivity contribution in [2.24, 2.45) is 0 Å². The van der Waals surface area contributed by atoms with E-state index in [0.29, 0.717) is 0 Å². The Labute approximate surface area is 113 Å². The van der Waals surface area contributed by atoms with Gasteiger partial charge in [0, 0.05) is 0 Å². The van der Waals surface area contributed by atoms with Gasteiger partial charge in [0.15, 0.2) is 0 Å². The van der Waals surface area contributed by atoms with Crippen molar-refractivity contribution in [2.45, 2.75) is 19.4 Å². The van der Waals surface area contributed by atoms with Crippen molar-refractivity contribution in [1.29, 1.82) is 0 Å². The molecule has 106 valence electrons. The maximum Gasteiger partial charge on any atom is 0.259 e. The first kappa shape index (κ1) is 13.9. The van der Waals surface area contributed by atoms with Crippen molar-refractivity contribution in [1.82, 2.24) is 15.2 Å². The van der Waals surface area contributed by atoms with Gasteiger partial charge in [0.2, 0.25) is 5.91 Å². The summed E-state index contributed by atoms with van der Waals surface area (Å²) in [5.74, 6) is -2.82. The number of carbonyl (C=O) groups excluding carboxylic acids is 3. The molecule has 3 N–H and O–H groups in total. The maximum absolute atomic E-state index is 13.2. The fraction of sp³-hybridized carbons (Fsp3) is 0.333. The number of hydrogen-bond acceptors (Lipinski definition) is 5. The normalized spacial score (nSPS) is 17.9. The van der Waals surface area contributed by atoms with E-state index < -0.39 is 29.1 Å². The van der Waals surface area contributed by atoms with Crippen LogP contribution in [0.4, 0.5) is 10.2 Å². The van der Waals surface area contributed by atoms with Gasteiger partial charge in [-0.2, -0.15) is 0 Å². The first-order chi connectivity index (χ1) is 9.23. The lowest BCUT2D eigenvalue weighted by molar-refractivity contribution is -0.143. The van der Waals surface area contributed by atoms with E-state index in [0.717, 1.165) is 17.2 Å². The summed E-state index contributed by atoms with van der Waals surface area (Å²) in [6, 6.07) is 0.928. The number of amides is 3.